The van der Waals surface area contributed by atoms with Crippen LogP contribution in [0.3, 0.4) is 0 Å². The van der Waals surface area contributed by atoms with Gasteiger partial charge in [0.05, 0.1) is 0 Å². The van der Waals surface area contributed by atoms with Crippen LogP contribution in [0.5, 0.6) is 0 Å². The van der Waals surface area contributed by atoms with Crippen LogP contribution in [-0.2, 0) is 9.53 Å². The van der Waals surface area contributed by atoms with Gasteiger partial charge < -0.3 is 4.74 Å². The van der Waals surface area contributed by atoms with Crippen molar-refractivity contribution in [3.05, 3.63) is 35.9 Å². The minimum Gasteiger partial charge on any atom is -0.370 e. The number of rotatable bonds is 4. The van der Waals surface area contributed by atoms with Crippen LogP contribution in [0.15, 0.2) is 30.3 Å². The standard InChI is InChI=1S/C18H24O2/c1-13-8-10-18(20-2,11-9-13)17(19)16-12-15(16)14-6-4-3-5-7-14/h3-7,13,15-16H,8-12H2,1-2H3. The van der Waals surface area contributed by atoms with Gasteiger partial charge in [0.1, 0.15) is 5.60 Å². The van der Waals surface area contributed by atoms with Gasteiger partial charge in [-0.1, -0.05) is 37.3 Å². The Hall–Kier alpha value is -1.15. The van der Waals surface area contributed by atoms with Gasteiger partial charge in [0.15, 0.2) is 5.78 Å². The van der Waals surface area contributed by atoms with Gasteiger partial charge in [-0.3, -0.25) is 4.79 Å². The molecule has 2 fully saturated rings. The van der Waals surface area contributed by atoms with Gasteiger partial charge in [0, 0.05) is 13.0 Å². The Balaban J connectivity index is 1.70. The lowest BCUT2D eigenvalue weighted by atomic mass is 9.75. The number of Topliss-reactive ketones (excluding diaryl/α,β-unsaturated/α-hetero) is 1. The molecule has 0 radical (unpaired) electrons. The van der Waals surface area contributed by atoms with E-state index >= 15 is 0 Å². The molecule has 0 bridgehead atoms. The van der Waals surface area contributed by atoms with Crippen LogP contribution in [-0.4, -0.2) is 18.5 Å². The Labute approximate surface area is 121 Å². The number of ether oxygens (including phenoxy) is 1. The minimum atomic E-state index is -0.485. The summed E-state index contributed by atoms with van der Waals surface area (Å²) >= 11 is 0. The van der Waals surface area contributed by atoms with Gasteiger partial charge in [0.25, 0.3) is 0 Å². The van der Waals surface area contributed by atoms with Crippen molar-refractivity contribution in [2.45, 2.75) is 50.5 Å². The second-order valence-corrected chi connectivity index (χ2v) is 6.60. The fourth-order valence-electron chi connectivity index (χ4n) is 3.67. The summed E-state index contributed by atoms with van der Waals surface area (Å²) in [5, 5.41) is 0. The van der Waals surface area contributed by atoms with E-state index in [4.69, 9.17) is 4.74 Å². The summed E-state index contributed by atoms with van der Waals surface area (Å²) in [7, 11) is 1.72. The number of carbonyl (C=O) groups excluding carboxylic acids is 1. The van der Waals surface area contributed by atoms with Crippen molar-refractivity contribution >= 4 is 5.78 Å². The number of carbonyl (C=O) groups is 1. The highest BCUT2D eigenvalue weighted by Crippen LogP contribution is 2.52. The lowest BCUT2D eigenvalue weighted by molar-refractivity contribution is -0.147. The van der Waals surface area contributed by atoms with E-state index in [1.165, 1.54) is 5.56 Å². The average molecular weight is 272 g/mol. The molecule has 108 valence electrons. The molecule has 2 aliphatic rings. The molecule has 0 N–H and O–H groups in total. The van der Waals surface area contributed by atoms with Gasteiger partial charge in [-0.25, -0.2) is 0 Å². The maximum absolute atomic E-state index is 12.9. The van der Waals surface area contributed by atoms with Gasteiger partial charge in [-0.05, 0) is 49.5 Å². The number of hydrogen-bond donors (Lipinski definition) is 0. The van der Waals surface area contributed by atoms with E-state index in [1.807, 2.05) is 6.07 Å². The fraction of sp³-hybridized carbons (Fsp3) is 0.611. The van der Waals surface area contributed by atoms with Crippen LogP contribution in [0.4, 0.5) is 0 Å². The molecule has 1 aromatic carbocycles. The summed E-state index contributed by atoms with van der Waals surface area (Å²) in [5.74, 6) is 1.71. The lowest BCUT2D eigenvalue weighted by Gasteiger charge is -2.37. The van der Waals surface area contributed by atoms with Crippen molar-refractivity contribution in [3.63, 3.8) is 0 Å². The van der Waals surface area contributed by atoms with Crippen molar-refractivity contribution in [2.24, 2.45) is 11.8 Å². The van der Waals surface area contributed by atoms with Crippen molar-refractivity contribution in [1.29, 1.82) is 0 Å². The van der Waals surface area contributed by atoms with Crippen LogP contribution < -0.4 is 0 Å². The summed E-state index contributed by atoms with van der Waals surface area (Å²) in [6.45, 7) is 2.27. The second kappa shape index (κ2) is 5.33. The molecule has 3 rings (SSSR count). The van der Waals surface area contributed by atoms with E-state index in [0.717, 1.165) is 38.0 Å². The SMILES string of the molecule is COC1(C(=O)C2CC2c2ccccc2)CCC(C)CC1. The summed E-state index contributed by atoms with van der Waals surface area (Å²) < 4.78 is 5.72. The Morgan fingerprint density at radius 3 is 2.45 bits per heavy atom. The minimum absolute atomic E-state index is 0.186. The van der Waals surface area contributed by atoms with E-state index in [-0.39, 0.29) is 5.92 Å². The largest absolute Gasteiger partial charge is 0.370 e. The van der Waals surface area contributed by atoms with Crippen LogP contribution in [0, 0.1) is 11.8 Å². The van der Waals surface area contributed by atoms with Gasteiger partial charge in [0.2, 0.25) is 0 Å². The molecule has 0 saturated heterocycles. The highest BCUT2D eigenvalue weighted by Gasteiger charge is 2.52. The quantitative estimate of drug-likeness (QED) is 0.829. The molecular formula is C18H24O2. The Morgan fingerprint density at radius 2 is 1.85 bits per heavy atom. The van der Waals surface area contributed by atoms with Crippen LogP contribution in [0.2, 0.25) is 0 Å². The monoisotopic (exact) mass is 272 g/mol. The Kier molecular flexibility index (Phi) is 3.68. The van der Waals surface area contributed by atoms with Gasteiger partial charge in [-0.2, -0.15) is 0 Å². The molecule has 0 aliphatic heterocycles. The molecule has 2 heteroatoms. The van der Waals surface area contributed by atoms with E-state index in [0.29, 0.717) is 11.7 Å². The first-order valence-electron chi connectivity index (χ1n) is 7.81. The molecule has 2 atom stereocenters. The maximum atomic E-state index is 12.9. The number of benzene rings is 1. The van der Waals surface area contributed by atoms with Crippen molar-refractivity contribution in [2.75, 3.05) is 7.11 Å². The molecule has 0 aromatic heterocycles. The maximum Gasteiger partial charge on any atom is 0.168 e. The topological polar surface area (TPSA) is 26.3 Å². The smallest absolute Gasteiger partial charge is 0.168 e. The van der Waals surface area contributed by atoms with Crippen LogP contribution >= 0.6 is 0 Å². The molecule has 2 aliphatic carbocycles. The lowest BCUT2D eigenvalue weighted by Crippen LogP contribution is -2.45. The summed E-state index contributed by atoms with van der Waals surface area (Å²) in [4.78, 5) is 12.9. The molecule has 2 saturated carbocycles. The molecule has 0 spiro atoms. The molecule has 2 unspecified atom stereocenters. The third-order valence-electron chi connectivity index (χ3n) is 5.28. The highest BCUT2D eigenvalue weighted by molar-refractivity contribution is 5.92. The van der Waals surface area contributed by atoms with Crippen LogP contribution in [0.1, 0.15) is 50.5 Å². The molecule has 20 heavy (non-hydrogen) atoms. The summed E-state index contributed by atoms with van der Waals surface area (Å²) in [6, 6.07) is 10.4. The first-order chi connectivity index (χ1) is 9.66. The Morgan fingerprint density at radius 1 is 1.20 bits per heavy atom. The van der Waals surface area contributed by atoms with Gasteiger partial charge in [-0.15, -0.1) is 0 Å². The first-order valence-corrected chi connectivity index (χ1v) is 7.81. The van der Waals surface area contributed by atoms with Crippen LogP contribution in [0.25, 0.3) is 0 Å². The number of hydrogen-bond acceptors (Lipinski definition) is 2. The predicted octanol–water partition coefficient (Wildman–Crippen LogP) is 3.95. The molecular weight excluding hydrogens is 248 g/mol. The van der Waals surface area contributed by atoms with Crippen molar-refractivity contribution < 1.29 is 9.53 Å². The zero-order chi connectivity index (χ0) is 14.2. The normalized spacial score (nSPS) is 36.6. The molecule has 0 heterocycles. The Bertz CT molecular complexity index is 471. The zero-order valence-electron chi connectivity index (χ0n) is 12.5. The van der Waals surface area contributed by atoms with E-state index in [1.54, 1.807) is 7.11 Å². The molecule has 2 nitrogen and oxygen atoms in total. The first kappa shape index (κ1) is 13.8. The van der Waals surface area contributed by atoms with Crippen molar-refractivity contribution in [1.82, 2.24) is 0 Å². The zero-order valence-corrected chi connectivity index (χ0v) is 12.5. The molecule has 0 amide bonds. The average Bonchev–Trinajstić information content (AvgIpc) is 3.29. The highest BCUT2D eigenvalue weighted by atomic mass is 16.5. The predicted molar refractivity (Wildman–Crippen MR) is 79.7 cm³/mol. The van der Waals surface area contributed by atoms with Crippen molar-refractivity contribution in [3.8, 4) is 0 Å². The second-order valence-electron chi connectivity index (χ2n) is 6.60. The summed E-state index contributed by atoms with van der Waals surface area (Å²) in [5.41, 5.74) is 0.821. The van der Waals surface area contributed by atoms with E-state index < -0.39 is 5.60 Å². The third-order valence-corrected chi connectivity index (χ3v) is 5.28. The number of methoxy groups -OCH3 is 1. The van der Waals surface area contributed by atoms with Gasteiger partial charge >= 0.3 is 0 Å². The fourth-order valence-corrected chi connectivity index (χ4v) is 3.67. The number of ketones is 1. The third kappa shape index (κ3) is 2.42. The summed E-state index contributed by atoms with van der Waals surface area (Å²) in [6.07, 6.45) is 5.04. The molecule has 1 aromatic rings. The van der Waals surface area contributed by atoms with E-state index in [9.17, 15) is 4.79 Å². The van der Waals surface area contributed by atoms with E-state index in [2.05, 4.69) is 31.2 Å².